The number of phenolic OH excluding ortho intramolecular Hbond substituents is 1. The van der Waals surface area contributed by atoms with Crippen LogP contribution < -0.4 is 5.32 Å². The molecule has 0 aliphatic carbocycles. The minimum atomic E-state index is 0.309. The first-order valence-electron chi connectivity index (χ1n) is 6.77. The van der Waals surface area contributed by atoms with Gasteiger partial charge in [-0.2, -0.15) is 0 Å². The molecule has 2 N–H and O–H groups in total. The van der Waals surface area contributed by atoms with Crippen molar-refractivity contribution >= 4 is 0 Å². The van der Waals surface area contributed by atoms with Crippen LogP contribution in [0, 0.1) is 0 Å². The summed E-state index contributed by atoms with van der Waals surface area (Å²) in [6, 6.07) is 7.77. The van der Waals surface area contributed by atoms with E-state index in [0.29, 0.717) is 17.9 Å². The van der Waals surface area contributed by atoms with Crippen molar-refractivity contribution in [3.8, 4) is 5.75 Å². The fraction of sp³-hybridized carbons (Fsp3) is 0.600. The number of nitrogens with one attached hydrogen (secondary N) is 1. The standard InChI is InChI=1S/C15H25NO2/c1-4-15(13-6-8-14(17)9-7-13)16-10-5-11-18-12(2)3/h6-9,12,15-17H,4-5,10-11H2,1-3H3. The molecule has 0 bridgehead atoms. The van der Waals surface area contributed by atoms with Gasteiger partial charge in [-0.3, -0.25) is 0 Å². The highest BCUT2D eigenvalue weighted by molar-refractivity contribution is 5.27. The molecule has 0 saturated carbocycles. The predicted octanol–water partition coefficient (Wildman–Crippen LogP) is 3.25. The van der Waals surface area contributed by atoms with Crippen molar-refractivity contribution < 1.29 is 9.84 Å². The van der Waals surface area contributed by atoms with Gasteiger partial charge in [0, 0.05) is 12.6 Å². The number of rotatable bonds is 8. The molecule has 1 aromatic rings. The summed E-state index contributed by atoms with van der Waals surface area (Å²) in [5.74, 6) is 0.318. The molecule has 0 saturated heterocycles. The summed E-state index contributed by atoms with van der Waals surface area (Å²) in [7, 11) is 0. The lowest BCUT2D eigenvalue weighted by Crippen LogP contribution is -2.23. The molecule has 0 aliphatic rings. The second kappa shape index (κ2) is 8.11. The second-order valence-electron chi connectivity index (χ2n) is 4.78. The second-order valence-corrected chi connectivity index (χ2v) is 4.78. The molecular formula is C15H25NO2. The van der Waals surface area contributed by atoms with Gasteiger partial charge in [0.2, 0.25) is 0 Å². The van der Waals surface area contributed by atoms with E-state index in [1.54, 1.807) is 12.1 Å². The molecule has 3 nitrogen and oxygen atoms in total. The van der Waals surface area contributed by atoms with Crippen molar-refractivity contribution in [2.24, 2.45) is 0 Å². The highest BCUT2D eigenvalue weighted by Gasteiger charge is 2.07. The molecule has 0 aliphatic heterocycles. The normalized spacial score (nSPS) is 12.9. The summed E-state index contributed by atoms with van der Waals surface area (Å²) < 4.78 is 5.51. The first kappa shape index (κ1) is 15.0. The topological polar surface area (TPSA) is 41.5 Å². The van der Waals surface area contributed by atoms with Gasteiger partial charge in [-0.15, -0.1) is 0 Å². The molecule has 0 amide bonds. The third-order valence-corrected chi connectivity index (χ3v) is 2.87. The van der Waals surface area contributed by atoms with E-state index in [9.17, 15) is 5.11 Å². The SMILES string of the molecule is CCC(NCCCOC(C)C)c1ccc(O)cc1. The van der Waals surface area contributed by atoms with Crippen LogP contribution in [0.3, 0.4) is 0 Å². The summed E-state index contributed by atoms with van der Waals surface area (Å²) in [6.07, 6.45) is 2.37. The van der Waals surface area contributed by atoms with Crippen molar-refractivity contribution in [2.45, 2.75) is 45.8 Å². The van der Waals surface area contributed by atoms with Crippen molar-refractivity contribution in [3.05, 3.63) is 29.8 Å². The Labute approximate surface area is 110 Å². The molecule has 1 atom stereocenters. The van der Waals surface area contributed by atoms with Gasteiger partial charge in [-0.1, -0.05) is 19.1 Å². The van der Waals surface area contributed by atoms with Crippen LogP contribution in [0.15, 0.2) is 24.3 Å². The highest BCUT2D eigenvalue weighted by atomic mass is 16.5. The predicted molar refractivity (Wildman–Crippen MR) is 74.8 cm³/mol. The minimum absolute atomic E-state index is 0.309. The van der Waals surface area contributed by atoms with E-state index in [4.69, 9.17) is 4.74 Å². The van der Waals surface area contributed by atoms with E-state index in [2.05, 4.69) is 26.1 Å². The Morgan fingerprint density at radius 3 is 2.44 bits per heavy atom. The Bertz CT molecular complexity index is 322. The van der Waals surface area contributed by atoms with Gasteiger partial charge < -0.3 is 15.2 Å². The van der Waals surface area contributed by atoms with Crippen LogP contribution in [0.1, 0.15) is 45.2 Å². The van der Waals surface area contributed by atoms with Crippen molar-refractivity contribution in [3.63, 3.8) is 0 Å². The zero-order chi connectivity index (χ0) is 13.4. The molecule has 1 rings (SSSR count). The largest absolute Gasteiger partial charge is 0.508 e. The summed E-state index contributed by atoms with van der Waals surface area (Å²) in [6.45, 7) is 8.02. The van der Waals surface area contributed by atoms with Gasteiger partial charge in [-0.25, -0.2) is 0 Å². The maximum absolute atomic E-state index is 9.27. The van der Waals surface area contributed by atoms with Gasteiger partial charge in [0.15, 0.2) is 0 Å². The van der Waals surface area contributed by atoms with E-state index in [1.165, 1.54) is 5.56 Å². The molecule has 0 aromatic heterocycles. The van der Waals surface area contributed by atoms with Crippen LogP contribution in [0.4, 0.5) is 0 Å². The number of benzene rings is 1. The summed E-state index contributed by atoms with van der Waals surface area (Å²) in [4.78, 5) is 0. The molecular weight excluding hydrogens is 226 g/mol. The Morgan fingerprint density at radius 1 is 1.22 bits per heavy atom. The van der Waals surface area contributed by atoms with Crippen LogP contribution in [0.25, 0.3) is 0 Å². The average Bonchev–Trinajstić information content (AvgIpc) is 2.35. The van der Waals surface area contributed by atoms with Crippen LogP contribution in [-0.2, 0) is 4.74 Å². The van der Waals surface area contributed by atoms with Crippen LogP contribution in [-0.4, -0.2) is 24.4 Å². The Kier molecular flexibility index (Phi) is 6.76. The van der Waals surface area contributed by atoms with Crippen LogP contribution in [0.5, 0.6) is 5.75 Å². The lowest BCUT2D eigenvalue weighted by Gasteiger charge is -2.17. The molecule has 1 aromatic carbocycles. The smallest absolute Gasteiger partial charge is 0.115 e. The molecule has 0 spiro atoms. The molecule has 0 radical (unpaired) electrons. The Hall–Kier alpha value is -1.06. The number of aromatic hydroxyl groups is 1. The van der Waals surface area contributed by atoms with E-state index >= 15 is 0 Å². The van der Waals surface area contributed by atoms with E-state index < -0.39 is 0 Å². The number of hydrogen-bond donors (Lipinski definition) is 2. The average molecular weight is 251 g/mol. The zero-order valence-corrected chi connectivity index (χ0v) is 11.6. The highest BCUT2D eigenvalue weighted by Crippen LogP contribution is 2.19. The Balaban J connectivity index is 2.31. The third-order valence-electron chi connectivity index (χ3n) is 2.87. The first-order valence-corrected chi connectivity index (χ1v) is 6.77. The maximum Gasteiger partial charge on any atom is 0.115 e. The van der Waals surface area contributed by atoms with Crippen molar-refractivity contribution in [1.29, 1.82) is 0 Å². The van der Waals surface area contributed by atoms with Gasteiger partial charge in [0.1, 0.15) is 5.75 Å². The van der Waals surface area contributed by atoms with Crippen molar-refractivity contribution in [2.75, 3.05) is 13.2 Å². The van der Waals surface area contributed by atoms with Gasteiger partial charge in [-0.05, 0) is 50.9 Å². The zero-order valence-electron chi connectivity index (χ0n) is 11.6. The Morgan fingerprint density at radius 2 is 1.89 bits per heavy atom. The van der Waals surface area contributed by atoms with Gasteiger partial charge in [0.05, 0.1) is 6.10 Å². The molecule has 1 unspecified atom stereocenters. The lowest BCUT2D eigenvalue weighted by atomic mass is 10.0. The minimum Gasteiger partial charge on any atom is -0.508 e. The van der Waals surface area contributed by atoms with Gasteiger partial charge >= 0.3 is 0 Å². The van der Waals surface area contributed by atoms with E-state index in [1.807, 2.05) is 12.1 Å². The molecule has 3 heteroatoms. The van der Waals surface area contributed by atoms with Crippen LogP contribution in [0.2, 0.25) is 0 Å². The lowest BCUT2D eigenvalue weighted by molar-refractivity contribution is 0.0767. The summed E-state index contributed by atoms with van der Waals surface area (Å²) >= 11 is 0. The summed E-state index contributed by atoms with van der Waals surface area (Å²) in [5, 5.41) is 12.8. The fourth-order valence-electron chi connectivity index (χ4n) is 1.87. The van der Waals surface area contributed by atoms with E-state index in [-0.39, 0.29) is 0 Å². The third kappa shape index (κ3) is 5.52. The van der Waals surface area contributed by atoms with E-state index in [0.717, 1.165) is 26.0 Å². The molecule has 0 fully saturated rings. The number of ether oxygens (including phenoxy) is 1. The number of hydrogen-bond acceptors (Lipinski definition) is 3. The van der Waals surface area contributed by atoms with Crippen molar-refractivity contribution in [1.82, 2.24) is 5.32 Å². The summed E-state index contributed by atoms with van der Waals surface area (Å²) in [5.41, 5.74) is 1.22. The van der Waals surface area contributed by atoms with Gasteiger partial charge in [0.25, 0.3) is 0 Å². The molecule has 0 heterocycles. The first-order chi connectivity index (χ1) is 8.63. The number of phenols is 1. The molecule has 102 valence electrons. The quantitative estimate of drug-likeness (QED) is 0.697. The molecule has 18 heavy (non-hydrogen) atoms. The fourth-order valence-corrected chi connectivity index (χ4v) is 1.87. The maximum atomic E-state index is 9.27. The van der Waals surface area contributed by atoms with Crippen LogP contribution >= 0.6 is 0 Å². The monoisotopic (exact) mass is 251 g/mol.